The SMILES string of the molecule is CCC1CCCC(Oc2c(Br)cccc2CCN)C1. The van der Waals surface area contributed by atoms with E-state index in [9.17, 15) is 0 Å². The maximum Gasteiger partial charge on any atom is 0.137 e. The van der Waals surface area contributed by atoms with E-state index in [0.29, 0.717) is 12.6 Å². The van der Waals surface area contributed by atoms with Gasteiger partial charge < -0.3 is 10.5 Å². The molecule has 0 spiro atoms. The fourth-order valence-electron chi connectivity index (χ4n) is 2.92. The number of halogens is 1. The van der Waals surface area contributed by atoms with Crippen LogP contribution in [-0.2, 0) is 6.42 Å². The largest absolute Gasteiger partial charge is 0.489 e. The molecule has 0 amide bonds. The predicted molar refractivity (Wildman–Crippen MR) is 83.6 cm³/mol. The summed E-state index contributed by atoms with van der Waals surface area (Å²) < 4.78 is 7.35. The summed E-state index contributed by atoms with van der Waals surface area (Å²) in [7, 11) is 0. The number of hydrogen-bond acceptors (Lipinski definition) is 2. The molecule has 0 bridgehead atoms. The predicted octanol–water partition coefficient (Wildman–Crippen LogP) is 4.30. The molecule has 2 atom stereocenters. The van der Waals surface area contributed by atoms with E-state index in [1.165, 1.54) is 37.7 Å². The Balaban J connectivity index is 2.09. The molecule has 106 valence electrons. The first-order valence-electron chi connectivity index (χ1n) is 7.38. The van der Waals surface area contributed by atoms with E-state index in [1.807, 2.05) is 0 Å². The lowest BCUT2D eigenvalue weighted by Crippen LogP contribution is -2.25. The molecule has 1 aromatic carbocycles. The molecule has 1 aliphatic rings. The smallest absolute Gasteiger partial charge is 0.137 e. The van der Waals surface area contributed by atoms with Crippen LogP contribution in [0.2, 0.25) is 0 Å². The average molecular weight is 326 g/mol. The Morgan fingerprint density at radius 2 is 2.21 bits per heavy atom. The molecular formula is C16H24BrNO. The van der Waals surface area contributed by atoms with Crippen LogP contribution in [0.3, 0.4) is 0 Å². The normalized spacial score (nSPS) is 23.3. The molecule has 1 aliphatic carbocycles. The first kappa shape index (κ1) is 14.9. The van der Waals surface area contributed by atoms with Crippen molar-refractivity contribution in [3.8, 4) is 5.75 Å². The number of benzene rings is 1. The molecule has 0 aliphatic heterocycles. The van der Waals surface area contributed by atoms with Crippen LogP contribution >= 0.6 is 15.9 Å². The lowest BCUT2D eigenvalue weighted by molar-refractivity contribution is 0.120. The van der Waals surface area contributed by atoms with Gasteiger partial charge in [-0.25, -0.2) is 0 Å². The number of ether oxygens (including phenoxy) is 1. The molecule has 2 rings (SSSR count). The van der Waals surface area contributed by atoms with Gasteiger partial charge in [-0.05, 0) is 65.7 Å². The summed E-state index contributed by atoms with van der Waals surface area (Å²) in [5.41, 5.74) is 6.90. The molecular weight excluding hydrogens is 302 g/mol. The fourth-order valence-corrected chi connectivity index (χ4v) is 3.42. The monoisotopic (exact) mass is 325 g/mol. The summed E-state index contributed by atoms with van der Waals surface area (Å²) in [5, 5.41) is 0. The van der Waals surface area contributed by atoms with Crippen molar-refractivity contribution in [1.29, 1.82) is 0 Å². The van der Waals surface area contributed by atoms with Gasteiger partial charge in [0.1, 0.15) is 5.75 Å². The zero-order valence-electron chi connectivity index (χ0n) is 11.7. The van der Waals surface area contributed by atoms with Gasteiger partial charge in [0.25, 0.3) is 0 Å². The summed E-state index contributed by atoms with van der Waals surface area (Å²) in [5.74, 6) is 1.84. The lowest BCUT2D eigenvalue weighted by Gasteiger charge is -2.30. The minimum atomic E-state index is 0.369. The lowest BCUT2D eigenvalue weighted by atomic mass is 9.85. The Labute approximate surface area is 124 Å². The minimum Gasteiger partial charge on any atom is -0.489 e. The maximum atomic E-state index is 6.30. The summed E-state index contributed by atoms with van der Waals surface area (Å²) >= 11 is 3.61. The highest BCUT2D eigenvalue weighted by Gasteiger charge is 2.23. The van der Waals surface area contributed by atoms with Gasteiger partial charge in [0.2, 0.25) is 0 Å². The van der Waals surface area contributed by atoms with E-state index in [-0.39, 0.29) is 0 Å². The van der Waals surface area contributed by atoms with Crippen LogP contribution < -0.4 is 10.5 Å². The van der Waals surface area contributed by atoms with Gasteiger partial charge in [0, 0.05) is 0 Å². The first-order chi connectivity index (χ1) is 9.24. The molecule has 1 fully saturated rings. The topological polar surface area (TPSA) is 35.2 Å². The molecule has 2 nitrogen and oxygen atoms in total. The summed E-state index contributed by atoms with van der Waals surface area (Å²) in [6.07, 6.45) is 7.54. The van der Waals surface area contributed by atoms with Crippen molar-refractivity contribution >= 4 is 15.9 Å². The molecule has 1 aromatic rings. The zero-order valence-corrected chi connectivity index (χ0v) is 13.3. The highest BCUT2D eigenvalue weighted by molar-refractivity contribution is 9.10. The standard InChI is InChI=1S/C16H24BrNO/c1-2-12-5-3-7-14(11-12)19-16-13(9-10-18)6-4-8-15(16)17/h4,6,8,12,14H,2-3,5,7,9-11,18H2,1H3. The Morgan fingerprint density at radius 3 is 2.95 bits per heavy atom. The second-order valence-electron chi connectivity index (χ2n) is 5.45. The van der Waals surface area contributed by atoms with Crippen molar-refractivity contribution in [2.45, 2.75) is 51.6 Å². The van der Waals surface area contributed by atoms with Gasteiger partial charge >= 0.3 is 0 Å². The Hall–Kier alpha value is -0.540. The van der Waals surface area contributed by atoms with Gasteiger partial charge in [-0.1, -0.05) is 31.9 Å². The zero-order chi connectivity index (χ0) is 13.7. The quantitative estimate of drug-likeness (QED) is 0.876. The molecule has 0 aromatic heterocycles. The minimum absolute atomic E-state index is 0.369. The first-order valence-corrected chi connectivity index (χ1v) is 8.18. The molecule has 0 saturated heterocycles. The Bertz CT molecular complexity index is 408. The van der Waals surface area contributed by atoms with Gasteiger partial charge in [-0.15, -0.1) is 0 Å². The van der Waals surface area contributed by atoms with Gasteiger partial charge in [0.05, 0.1) is 10.6 Å². The molecule has 2 unspecified atom stereocenters. The molecule has 0 heterocycles. The van der Waals surface area contributed by atoms with Crippen molar-refractivity contribution in [2.75, 3.05) is 6.54 Å². The van der Waals surface area contributed by atoms with Gasteiger partial charge in [0.15, 0.2) is 0 Å². The van der Waals surface area contributed by atoms with E-state index in [0.717, 1.165) is 22.6 Å². The summed E-state index contributed by atoms with van der Waals surface area (Å²) in [4.78, 5) is 0. The van der Waals surface area contributed by atoms with E-state index in [2.05, 4.69) is 41.1 Å². The van der Waals surface area contributed by atoms with Crippen LogP contribution in [0.4, 0.5) is 0 Å². The molecule has 2 N–H and O–H groups in total. The number of nitrogens with two attached hydrogens (primary N) is 1. The van der Waals surface area contributed by atoms with Crippen molar-refractivity contribution in [3.63, 3.8) is 0 Å². The van der Waals surface area contributed by atoms with Crippen LogP contribution in [0.1, 0.15) is 44.6 Å². The summed E-state index contributed by atoms with van der Waals surface area (Å²) in [6, 6.07) is 6.22. The Kier molecular flexibility index (Phi) is 5.71. The van der Waals surface area contributed by atoms with Crippen molar-refractivity contribution in [2.24, 2.45) is 11.7 Å². The average Bonchev–Trinajstić information content (AvgIpc) is 2.43. The van der Waals surface area contributed by atoms with Gasteiger partial charge in [-0.3, -0.25) is 0 Å². The fraction of sp³-hybridized carbons (Fsp3) is 0.625. The summed E-state index contributed by atoms with van der Waals surface area (Å²) in [6.45, 7) is 2.94. The third-order valence-corrected chi connectivity index (χ3v) is 4.68. The number of hydrogen-bond donors (Lipinski definition) is 1. The van der Waals surface area contributed by atoms with Crippen LogP contribution in [0, 0.1) is 5.92 Å². The van der Waals surface area contributed by atoms with E-state index in [1.54, 1.807) is 0 Å². The van der Waals surface area contributed by atoms with Crippen LogP contribution in [0.5, 0.6) is 5.75 Å². The van der Waals surface area contributed by atoms with Crippen molar-refractivity contribution < 1.29 is 4.74 Å². The van der Waals surface area contributed by atoms with E-state index in [4.69, 9.17) is 10.5 Å². The van der Waals surface area contributed by atoms with Crippen LogP contribution in [0.25, 0.3) is 0 Å². The third kappa shape index (κ3) is 3.96. The molecule has 19 heavy (non-hydrogen) atoms. The van der Waals surface area contributed by atoms with Gasteiger partial charge in [-0.2, -0.15) is 0 Å². The maximum absolute atomic E-state index is 6.30. The number of rotatable bonds is 5. The number of para-hydroxylation sites is 1. The molecule has 0 radical (unpaired) electrons. The highest BCUT2D eigenvalue weighted by atomic mass is 79.9. The Morgan fingerprint density at radius 1 is 1.37 bits per heavy atom. The van der Waals surface area contributed by atoms with E-state index >= 15 is 0 Å². The molecule has 1 saturated carbocycles. The van der Waals surface area contributed by atoms with E-state index < -0.39 is 0 Å². The third-order valence-electron chi connectivity index (χ3n) is 4.06. The van der Waals surface area contributed by atoms with Crippen LogP contribution in [-0.4, -0.2) is 12.6 Å². The highest BCUT2D eigenvalue weighted by Crippen LogP contribution is 2.34. The van der Waals surface area contributed by atoms with Crippen molar-refractivity contribution in [1.82, 2.24) is 0 Å². The second kappa shape index (κ2) is 7.30. The van der Waals surface area contributed by atoms with Crippen LogP contribution in [0.15, 0.2) is 22.7 Å². The second-order valence-corrected chi connectivity index (χ2v) is 6.30. The molecule has 3 heteroatoms. The van der Waals surface area contributed by atoms with Crippen molar-refractivity contribution in [3.05, 3.63) is 28.2 Å².